The molecule has 0 N–H and O–H groups in total. The van der Waals surface area contributed by atoms with Crippen LogP contribution in [0.15, 0.2) is 41.8 Å². The molecule has 0 aliphatic carbocycles. The van der Waals surface area contributed by atoms with E-state index in [1.165, 1.54) is 37.9 Å². The number of likely N-dealkylation sites (tertiary alicyclic amines) is 2. The molecule has 32 heavy (non-hydrogen) atoms. The van der Waals surface area contributed by atoms with Crippen LogP contribution >= 0.6 is 0 Å². The van der Waals surface area contributed by atoms with E-state index in [1.807, 2.05) is 0 Å². The minimum Gasteiger partial charge on any atom is -0.365 e. The van der Waals surface area contributed by atoms with Crippen molar-refractivity contribution in [1.82, 2.24) is 19.6 Å². The molecule has 0 saturated carbocycles. The minimum absolute atomic E-state index is 0.271. The predicted molar refractivity (Wildman–Crippen MR) is 127 cm³/mol. The number of hydrogen-bond donors (Lipinski definition) is 0. The fourth-order valence-corrected chi connectivity index (χ4v) is 5.50. The number of nitriles is 1. The molecule has 0 spiro atoms. The van der Waals surface area contributed by atoms with Crippen molar-refractivity contribution in [1.29, 1.82) is 5.26 Å². The molecule has 6 nitrogen and oxygen atoms in total. The molecule has 0 amide bonds. The lowest BCUT2D eigenvalue weighted by Crippen LogP contribution is -2.44. The quantitative estimate of drug-likeness (QED) is 0.485. The van der Waals surface area contributed by atoms with Crippen molar-refractivity contribution < 1.29 is 0 Å². The molecule has 1 aromatic rings. The van der Waals surface area contributed by atoms with E-state index in [0.29, 0.717) is 6.04 Å². The molecule has 3 heterocycles. The maximum Gasteiger partial charge on any atom is 0.300 e. The van der Waals surface area contributed by atoms with Gasteiger partial charge in [0.1, 0.15) is 5.82 Å². The topological polar surface area (TPSA) is 41.1 Å². The van der Waals surface area contributed by atoms with E-state index in [1.54, 1.807) is 0 Å². The van der Waals surface area contributed by atoms with E-state index in [-0.39, 0.29) is 5.70 Å². The van der Waals surface area contributed by atoms with Gasteiger partial charge in [-0.05, 0) is 57.3 Å². The first kappa shape index (κ1) is 22.6. The second-order valence-corrected chi connectivity index (χ2v) is 9.33. The van der Waals surface area contributed by atoms with Crippen LogP contribution in [0, 0.1) is 17.9 Å². The SMILES string of the molecule is [C-]#[N+]/C(C#N)=C1\N(CCCN2CCCCC2)CCN1C1CCN(Cc2ccccc2)CC1. The van der Waals surface area contributed by atoms with Gasteiger partial charge in [-0.25, -0.2) is 10.1 Å². The van der Waals surface area contributed by atoms with Gasteiger partial charge >= 0.3 is 5.70 Å². The van der Waals surface area contributed by atoms with Gasteiger partial charge in [0.05, 0.1) is 12.6 Å². The molecular formula is C26H36N6. The van der Waals surface area contributed by atoms with Crippen LogP contribution in [0.2, 0.25) is 0 Å². The molecule has 0 aromatic heterocycles. The molecule has 3 aliphatic heterocycles. The molecule has 1 aromatic carbocycles. The monoisotopic (exact) mass is 432 g/mol. The van der Waals surface area contributed by atoms with Gasteiger partial charge < -0.3 is 14.7 Å². The Labute approximate surface area is 193 Å². The highest BCUT2D eigenvalue weighted by Crippen LogP contribution is 2.30. The van der Waals surface area contributed by atoms with Crippen molar-refractivity contribution in [2.75, 3.05) is 52.4 Å². The first-order valence-electron chi connectivity index (χ1n) is 12.3. The summed E-state index contributed by atoms with van der Waals surface area (Å²) in [4.78, 5) is 13.4. The summed E-state index contributed by atoms with van der Waals surface area (Å²) < 4.78 is 0. The molecule has 3 saturated heterocycles. The smallest absolute Gasteiger partial charge is 0.300 e. The Morgan fingerprint density at radius 1 is 0.938 bits per heavy atom. The van der Waals surface area contributed by atoms with Gasteiger partial charge in [-0.2, -0.15) is 0 Å². The minimum atomic E-state index is 0.271. The Hall–Kier alpha value is -2.54. The van der Waals surface area contributed by atoms with Crippen LogP contribution in [0.4, 0.5) is 0 Å². The van der Waals surface area contributed by atoms with E-state index in [0.717, 1.165) is 70.9 Å². The molecule has 0 atom stereocenters. The third-order valence-electron chi connectivity index (χ3n) is 7.21. The summed E-state index contributed by atoms with van der Waals surface area (Å²) in [5.74, 6) is 0.905. The van der Waals surface area contributed by atoms with Gasteiger partial charge in [0, 0.05) is 45.3 Å². The predicted octanol–water partition coefficient (Wildman–Crippen LogP) is 3.76. The molecule has 3 fully saturated rings. The van der Waals surface area contributed by atoms with Crippen molar-refractivity contribution in [3.63, 3.8) is 0 Å². The highest BCUT2D eigenvalue weighted by Gasteiger charge is 2.34. The van der Waals surface area contributed by atoms with Gasteiger partial charge in [-0.1, -0.05) is 36.8 Å². The standard InChI is InChI=1S/C26H36N6/c1-28-25(21-27)26-31(16-8-15-29-13-6-3-7-14-29)19-20-32(26)24-11-17-30(18-12-24)22-23-9-4-2-5-10-23/h2,4-5,9-10,24H,3,6-8,11-20,22H2/b26-25+. The van der Waals surface area contributed by atoms with Crippen molar-refractivity contribution in [2.24, 2.45) is 0 Å². The third kappa shape index (κ3) is 5.63. The van der Waals surface area contributed by atoms with Crippen LogP contribution in [-0.2, 0) is 6.54 Å². The van der Waals surface area contributed by atoms with Gasteiger partial charge in [0.15, 0.2) is 0 Å². The van der Waals surface area contributed by atoms with Gasteiger partial charge in [-0.15, -0.1) is 0 Å². The molecule has 4 rings (SSSR count). The number of piperidine rings is 2. The zero-order chi connectivity index (χ0) is 22.2. The number of benzene rings is 1. The average molecular weight is 433 g/mol. The molecule has 170 valence electrons. The Morgan fingerprint density at radius 3 is 2.38 bits per heavy atom. The molecule has 6 heteroatoms. The Morgan fingerprint density at radius 2 is 1.69 bits per heavy atom. The van der Waals surface area contributed by atoms with E-state index in [4.69, 9.17) is 6.57 Å². The van der Waals surface area contributed by atoms with E-state index in [2.05, 4.69) is 60.8 Å². The third-order valence-corrected chi connectivity index (χ3v) is 7.21. The summed E-state index contributed by atoms with van der Waals surface area (Å²) in [7, 11) is 0. The number of hydrogen-bond acceptors (Lipinski definition) is 5. The van der Waals surface area contributed by atoms with E-state index < -0.39 is 0 Å². The zero-order valence-electron chi connectivity index (χ0n) is 19.3. The Balaban J connectivity index is 1.34. The Kier molecular flexibility index (Phi) is 8.04. The fourth-order valence-electron chi connectivity index (χ4n) is 5.50. The number of rotatable bonds is 7. The van der Waals surface area contributed by atoms with Crippen LogP contribution in [0.5, 0.6) is 0 Å². The number of nitrogens with zero attached hydrogens (tertiary/aromatic N) is 6. The summed E-state index contributed by atoms with van der Waals surface area (Å²) in [6.45, 7) is 17.1. The van der Waals surface area contributed by atoms with Crippen molar-refractivity contribution in [3.8, 4) is 6.07 Å². The van der Waals surface area contributed by atoms with E-state index >= 15 is 0 Å². The molecule has 0 bridgehead atoms. The molecule has 0 unspecified atom stereocenters. The Bertz CT molecular complexity index is 821. The lowest BCUT2D eigenvalue weighted by Gasteiger charge is -2.39. The summed E-state index contributed by atoms with van der Waals surface area (Å²) in [6, 6.07) is 13.3. The highest BCUT2D eigenvalue weighted by atomic mass is 15.4. The van der Waals surface area contributed by atoms with Gasteiger partial charge in [0.25, 0.3) is 0 Å². The maximum atomic E-state index is 9.66. The first-order valence-corrected chi connectivity index (χ1v) is 12.3. The van der Waals surface area contributed by atoms with Crippen LogP contribution in [0.3, 0.4) is 0 Å². The average Bonchev–Trinajstić information content (AvgIpc) is 3.25. The van der Waals surface area contributed by atoms with Crippen molar-refractivity contribution in [2.45, 2.75) is 51.1 Å². The summed E-state index contributed by atoms with van der Waals surface area (Å²) in [6.07, 6.45) is 7.29. The highest BCUT2D eigenvalue weighted by molar-refractivity contribution is 5.34. The van der Waals surface area contributed by atoms with Gasteiger partial charge in [-0.3, -0.25) is 4.90 Å². The lowest BCUT2D eigenvalue weighted by atomic mass is 10.0. The lowest BCUT2D eigenvalue weighted by molar-refractivity contribution is 0.133. The van der Waals surface area contributed by atoms with E-state index in [9.17, 15) is 5.26 Å². The zero-order valence-corrected chi connectivity index (χ0v) is 19.3. The van der Waals surface area contributed by atoms with Crippen LogP contribution < -0.4 is 0 Å². The van der Waals surface area contributed by atoms with Crippen molar-refractivity contribution in [3.05, 3.63) is 58.8 Å². The molecule has 0 radical (unpaired) electrons. The van der Waals surface area contributed by atoms with Crippen LogP contribution in [0.25, 0.3) is 4.85 Å². The second-order valence-electron chi connectivity index (χ2n) is 9.33. The fraction of sp³-hybridized carbons (Fsp3) is 0.615. The summed E-state index contributed by atoms with van der Waals surface area (Å²) in [5, 5.41) is 9.66. The van der Waals surface area contributed by atoms with Crippen molar-refractivity contribution >= 4 is 0 Å². The van der Waals surface area contributed by atoms with Crippen LogP contribution in [0.1, 0.15) is 44.1 Å². The molecule has 3 aliphatic rings. The summed E-state index contributed by atoms with van der Waals surface area (Å²) >= 11 is 0. The normalized spacial score (nSPS) is 22.6. The largest absolute Gasteiger partial charge is 0.365 e. The number of allylic oxidation sites excluding steroid dienone is 1. The first-order chi connectivity index (χ1) is 15.8. The second kappa shape index (κ2) is 11.4. The maximum absolute atomic E-state index is 9.66. The summed E-state index contributed by atoms with van der Waals surface area (Å²) in [5.41, 5.74) is 1.64. The van der Waals surface area contributed by atoms with Gasteiger partial charge in [0.2, 0.25) is 0 Å². The molecular weight excluding hydrogens is 396 g/mol. The van der Waals surface area contributed by atoms with Crippen LogP contribution in [-0.4, -0.2) is 78.0 Å².